The number of ether oxygens (including phenoxy) is 3. The van der Waals surface area contributed by atoms with Gasteiger partial charge in [-0.1, -0.05) is 18.2 Å². The highest BCUT2D eigenvalue weighted by atomic mass is 16.5. The Labute approximate surface area is 168 Å². The lowest BCUT2D eigenvalue weighted by molar-refractivity contribution is 0.0300. The highest BCUT2D eigenvalue weighted by Crippen LogP contribution is 2.27. The molecule has 29 heavy (non-hydrogen) atoms. The minimum Gasteiger partial charge on any atom is -0.497 e. The summed E-state index contributed by atoms with van der Waals surface area (Å²) >= 11 is 0. The highest BCUT2D eigenvalue weighted by molar-refractivity contribution is 5.96. The Kier molecular flexibility index (Phi) is 5.67. The van der Waals surface area contributed by atoms with Gasteiger partial charge in [-0.15, -0.1) is 0 Å². The average molecular weight is 391 g/mol. The third kappa shape index (κ3) is 4.35. The van der Waals surface area contributed by atoms with Crippen LogP contribution in [0.15, 0.2) is 60.8 Å². The number of nitrogens with zero attached hydrogens (tertiary/aromatic N) is 3. The molecule has 0 radical (unpaired) electrons. The fourth-order valence-electron chi connectivity index (χ4n) is 3.01. The van der Waals surface area contributed by atoms with Gasteiger partial charge < -0.3 is 19.1 Å². The Hall–Kier alpha value is -3.45. The number of amides is 1. The summed E-state index contributed by atoms with van der Waals surface area (Å²) in [5, 5.41) is 0. The van der Waals surface area contributed by atoms with Gasteiger partial charge in [-0.2, -0.15) is 4.98 Å². The maximum absolute atomic E-state index is 13.0. The Balaban J connectivity index is 1.70. The molecule has 4 rings (SSSR count). The van der Waals surface area contributed by atoms with Crippen molar-refractivity contribution in [2.45, 2.75) is 0 Å². The van der Waals surface area contributed by atoms with Gasteiger partial charge in [0.2, 0.25) is 5.88 Å². The van der Waals surface area contributed by atoms with Crippen molar-refractivity contribution in [2.75, 3.05) is 33.4 Å². The molecular formula is C22H21N3O4. The zero-order valence-electron chi connectivity index (χ0n) is 16.1. The molecule has 1 fully saturated rings. The van der Waals surface area contributed by atoms with Gasteiger partial charge in [0.1, 0.15) is 17.1 Å². The summed E-state index contributed by atoms with van der Waals surface area (Å²) in [7, 11) is 1.61. The fraction of sp³-hybridized carbons (Fsp3) is 0.227. The van der Waals surface area contributed by atoms with E-state index in [1.165, 1.54) is 6.20 Å². The van der Waals surface area contributed by atoms with Crippen LogP contribution >= 0.6 is 0 Å². The molecule has 0 atom stereocenters. The summed E-state index contributed by atoms with van der Waals surface area (Å²) in [6.07, 6.45) is 1.53. The number of methoxy groups -OCH3 is 1. The molecule has 1 aliphatic rings. The SMILES string of the molecule is COc1ccc(-c2ncc(C(=O)N3CCOCC3)c(Oc3ccccc3)n2)cc1. The molecule has 1 saturated heterocycles. The first kappa shape index (κ1) is 18.9. The van der Waals surface area contributed by atoms with Crippen molar-refractivity contribution < 1.29 is 19.0 Å². The molecule has 0 unspecified atom stereocenters. The van der Waals surface area contributed by atoms with E-state index in [9.17, 15) is 4.79 Å². The van der Waals surface area contributed by atoms with Gasteiger partial charge in [-0.05, 0) is 36.4 Å². The van der Waals surface area contributed by atoms with E-state index in [0.717, 1.165) is 11.3 Å². The van der Waals surface area contributed by atoms with Gasteiger partial charge in [0.15, 0.2) is 5.82 Å². The van der Waals surface area contributed by atoms with Gasteiger partial charge in [-0.3, -0.25) is 4.79 Å². The number of morpholine rings is 1. The quantitative estimate of drug-likeness (QED) is 0.664. The van der Waals surface area contributed by atoms with E-state index in [1.54, 1.807) is 12.0 Å². The van der Waals surface area contributed by atoms with Gasteiger partial charge in [0, 0.05) is 24.8 Å². The molecule has 0 N–H and O–H groups in total. The Morgan fingerprint density at radius 1 is 1.00 bits per heavy atom. The second-order valence-corrected chi connectivity index (χ2v) is 6.46. The van der Waals surface area contributed by atoms with Crippen LogP contribution in [-0.2, 0) is 4.74 Å². The molecule has 0 bridgehead atoms. The van der Waals surface area contributed by atoms with E-state index >= 15 is 0 Å². The van der Waals surface area contributed by atoms with Crippen LogP contribution in [0.5, 0.6) is 17.4 Å². The number of benzene rings is 2. The van der Waals surface area contributed by atoms with Crippen LogP contribution in [-0.4, -0.2) is 54.2 Å². The lowest BCUT2D eigenvalue weighted by Crippen LogP contribution is -2.40. The minimum absolute atomic E-state index is 0.166. The van der Waals surface area contributed by atoms with Crippen molar-refractivity contribution in [3.8, 4) is 28.8 Å². The second kappa shape index (κ2) is 8.70. The second-order valence-electron chi connectivity index (χ2n) is 6.46. The summed E-state index contributed by atoms with van der Waals surface area (Å²) < 4.78 is 16.5. The van der Waals surface area contributed by atoms with Crippen LogP contribution in [0.25, 0.3) is 11.4 Å². The van der Waals surface area contributed by atoms with Gasteiger partial charge >= 0.3 is 0 Å². The zero-order valence-corrected chi connectivity index (χ0v) is 16.1. The van der Waals surface area contributed by atoms with E-state index < -0.39 is 0 Å². The smallest absolute Gasteiger partial charge is 0.261 e. The van der Waals surface area contributed by atoms with Crippen LogP contribution in [0.1, 0.15) is 10.4 Å². The average Bonchev–Trinajstić information content (AvgIpc) is 2.80. The summed E-state index contributed by atoms with van der Waals surface area (Å²) in [5.74, 6) is 1.88. The Morgan fingerprint density at radius 2 is 1.72 bits per heavy atom. The van der Waals surface area contributed by atoms with Crippen LogP contribution < -0.4 is 9.47 Å². The van der Waals surface area contributed by atoms with E-state index in [4.69, 9.17) is 14.2 Å². The first-order chi connectivity index (χ1) is 14.2. The van der Waals surface area contributed by atoms with E-state index in [0.29, 0.717) is 43.4 Å². The number of aromatic nitrogens is 2. The molecule has 7 heteroatoms. The molecular weight excluding hydrogens is 370 g/mol. The number of rotatable bonds is 5. The van der Waals surface area contributed by atoms with Gasteiger partial charge in [0.25, 0.3) is 5.91 Å². The molecule has 3 aromatic rings. The van der Waals surface area contributed by atoms with Crippen LogP contribution in [0.3, 0.4) is 0 Å². The normalized spacial score (nSPS) is 13.8. The van der Waals surface area contributed by atoms with E-state index in [-0.39, 0.29) is 11.8 Å². The van der Waals surface area contributed by atoms with Crippen molar-refractivity contribution in [1.82, 2.24) is 14.9 Å². The van der Waals surface area contributed by atoms with Crippen molar-refractivity contribution in [3.05, 3.63) is 66.4 Å². The molecule has 0 saturated carbocycles. The molecule has 0 aliphatic carbocycles. The number of hydrogen-bond acceptors (Lipinski definition) is 6. The number of para-hydroxylation sites is 1. The molecule has 1 aromatic heterocycles. The lowest BCUT2D eigenvalue weighted by Gasteiger charge is -2.27. The Bertz CT molecular complexity index is 971. The highest BCUT2D eigenvalue weighted by Gasteiger charge is 2.24. The first-order valence-corrected chi connectivity index (χ1v) is 9.36. The summed E-state index contributed by atoms with van der Waals surface area (Å²) in [5.41, 5.74) is 1.13. The third-order valence-corrected chi connectivity index (χ3v) is 4.59. The zero-order chi connectivity index (χ0) is 20.1. The number of hydrogen-bond donors (Lipinski definition) is 0. The van der Waals surface area contributed by atoms with Crippen molar-refractivity contribution in [1.29, 1.82) is 0 Å². The molecule has 0 spiro atoms. The molecule has 2 heterocycles. The maximum atomic E-state index is 13.0. The van der Waals surface area contributed by atoms with Crippen molar-refractivity contribution in [3.63, 3.8) is 0 Å². The molecule has 1 amide bonds. The van der Waals surface area contributed by atoms with Crippen molar-refractivity contribution >= 4 is 5.91 Å². The largest absolute Gasteiger partial charge is 0.497 e. The van der Waals surface area contributed by atoms with Crippen LogP contribution in [0, 0.1) is 0 Å². The molecule has 1 aliphatic heterocycles. The van der Waals surface area contributed by atoms with E-state index in [1.807, 2.05) is 54.6 Å². The predicted molar refractivity (Wildman–Crippen MR) is 107 cm³/mol. The minimum atomic E-state index is -0.166. The van der Waals surface area contributed by atoms with Gasteiger partial charge in [0.05, 0.1) is 20.3 Å². The van der Waals surface area contributed by atoms with E-state index in [2.05, 4.69) is 9.97 Å². The number of carbonyl (C=O) groups excluding carboxylic acids is 1. The third-order valence-electron chi connectivity index (χ3n) is 4.59. The van der Waals surface area contributed by atoms with Crippen LogP contribution in [0.2, 0.25) is 0 Å². The van der Waals surface area contributed by atoms with Gasteiger partial charge in [-0.25, -0.2) is 4.98 Å². The maximum Gasteiger partial charge on any atom is 0.261 e. The summed E-state index contributed by atoms with van der Waals surface area (Å²) in [6, 6.07) is 16.7. The Morgan fingerprint density at radius 3 is 2.41 bits per heavy atom. The first-order valence-electron chi connectivity index (χ1n) is 9.36. The lowest BCUT2D eigenvalue weighted by atomic mass is 10.2. The van der Waals surface area contributed by atoms with Crippen molar-refractivity contribution in [2.24, 2.45) is 0 Å². The molecule has 148 valence electrons. The number of carbonyl (C=O) groups is 1. The molecule has 7 nitrogen and oxygen atoms in total. The monoisotopic (exact) mass is 391 g/mol. The predicted octanol–water partition coefficient (Wildman–Crippen LogP) is 3.42. The fourth-order valence-corrected chi connectivity index (χ4v) is 3.01. The topological polar surface area (TPSA) is 73.8 Å². The standard InChI is InChI=1S/C22H21N3O4/c1-27-17-9-7-16(8-10-17)20-23-15-19(22(26)25-11-13-28-14-12-25)21(24-20)29-18-5-3-2-4-6-18/h2-10,15H,11-14H2,1H3. The van der Waals surface area contributed by atoms with Crippen LogP contribution in [0.4, 0.5) is 0 Å². The molecule has 2 aromatic carbocycles. The summed E-state index contributed by atoms with van der Waals surface area (Å²) in [4.78, 5) is 23.7. The summed E-state index contributed by atoms with van der Waals surface area (Å²) in [6.45, 7) is 2.10.